The Morgan fingerprint density at radius 2 is 1.84 bits per heavy atom. The van der Waals surface area contributed by atoms with Crippen LogP contribution in [0, 0.1) is 6.92 Å². The zero-order valence-corrected chi connectivity index (χ0v) is 18.9. The number of ether oxygens (including phenoxy) is 1. The number of esters is 1. The van der Waals surface area contributed by atoms with Crippen molar-refractivity contribution >= 4 is 23.5 Å². The lowest BCUT2D eigenvalue weighted by Crippen LogP contribution is -2.19. The van der Waals surface area contributed by atoms with Crippen molar-refractivity contribution in [3.63, 3.8) is 0 Å². The van der Waals surface area contributed by atoms with E-state index >= 15 is 0 Å². The van der Waals surface area contributed by atoms with Gasteiger partial charge in [-0.3, -0.25) is 9.59 Å². The monoisotopic (exact) mass is 438 g/mol. The van der Waals surface area contributed by atoms with Crippen LogP contribution in [0.3, 0.4) is 0 Å². The number of nitrogens with one attached hydrogen (secondary N) is 2. The second-order valence-electron chi connectivity index (χ2n) is 8.38. The Morgan fingerprint density at radius 3 is 2.41 bits per heavy atom. The quantitative estimate of drug-likeness (QED) is 0.447. The van der Waals surface area contributed by atoms with Crippen LogP contribution < -0.4 is 5.32 Å². The lowest BCUT2D eigenvalue weighted by molar-refractivity contribution is -0.115. The number of rotatable bonds is 6. The van der Waals surface area contributed by atoms with E-state index in [1.165, 1.54) is 18.7 Å². The Labute approximate surface area is 185 Å². The maximum atomic E-state index is 12.9. The topological polar surface area (TPSA) is 132 Å². The van der Waals surface area contributed by atoms with Crippen LogP contribution in [0.2, 0.25) is 0 Å². The third-order valence-electron chi connectivity index (χ3n) is 4.89. The molecule has 10 heteroatoms. The van der Waals surface area contributed by atoms with Gasteiger partial charge in [0.25, 0.3) is 5.95 Å². The molecule has 0 aromatic carbocycles. The highest BCUT2D eigenvalue weighted by Gasteiger charge is 2.26. The lowest BCUT2D eigenvalue weighted by Gasteiger charge is -2.13. The summed E-state index contributed by atoms with van der Waals surface area (Å²) in [6, 6.07) is 3.45. The van der Waals surface area contributed by atoms with Crippen LogP contribution in [0.25, 0.3) is 5.95 Å². The number of methoxy groups -OCH3 is 1. The molecule has 3 aromatic heterocycles. The fourth-order valence-corrected chi connectivity index (χ4v) is 3.26. The Balaban J connectivity index is 1.95. The van der Waals surface area contributed by atoms with Crippen LogP contribution in [0.5, 0.6) is 0 Å². The van der Waals surface area contributed by atoms with Gasteiger partial charge >= 0.3 is 5.97 Å². The molecule has 0 aliphatic heterocycles. The van der Waals surface area contributed by atoms with Crippen LogP contribution in [0.1, 0.15) is 65.5 Å². The second-order valence-corrected chi connectivity index (χ2v) is 8.38. The first-order chi connectivity index (χ1) is 15.0. The molecule has 0 atom stereocenters. The molecule has 0 spiro atoms. The van der Waals surface area contributed by atoms with Gasteiger partial charge in [0.2, 0.25) is 5.91 Å². The number of carbonyl (C=O) groups is 3. The number of aromatic amines is 1. The fraction of sp³-hybridized carbons (Fsp3) is 0.364. The number of anilines is 1. The summed E-state index contributed by atoms with van der Waals surface area (Å²) in [7, 11) is 1.25. The van der Waals surface area contributed by atoms with Crippen molar-refractivity contribution in [1.82, 2.24) is 24.7 Å². The zero-order chi connectivity index (χ0) is 23.6. The lowest BCUT2D eigenvalue weighted by atomic mass is 9.92. The molecule has 3 heterocycles. The second kappa shape index (κ2) is 8.74. The first-order valence-corrected chi connectivity index (χ1v) is 10.0. The molecule has 0 aliphatic rings. The summed E-state index contributed by atoms with van der Waals surface area (Å²) < 4.78 is 6.29. The summed E-state index contributed by atoms with van der Waals surface area (Å²) in [5, 5.41) is 7.38. The summed E-state index contributed by atoms with van der Waals surface area (Å²) in [6.07, 6.45) is 2.99. The van der Waals surface area contributed by atoms with Crippen molar-refractivity contribution in [3.8, 4) is 5.95 Å². The molecule has 10 nitrogen and oxygen atoms in total. The van der Waals surface area contributed by atoms with E-state index < -0.39 is 11.9 Å². The maximum absolute atomic E-state index is 12.9. The standard InChI is InChI=1S/C22H26N6O4/c1-12-18(20(31)32-6)14(25-19(12)13(2)29)10-17(30)26-16-11-15(22(3,4)5)27-28(16)21-23-8-7-9-24-21/h7-9,11,25H,10H2,1-6H3,(H,26,30). The number of amides is 1. The number of nitrogens with zero attached hydrogens (tertiary/aromatic N) is 4. The van der Waals surface area contributed by atoms with Crippen molar-refractivity contribution in [3.05, 3.63) is 52.7 Å². The van der Waals surface area contributed by atoms with Gasteiger partial charge in [0.15, 0.2) is 5.78 Å². The van der Waals surface area contributed by atoms with Gasteiger partial charge in [-0.05, 0) is 18.6 Å². The number of aromatic nitrogens is 5. The Kier molecular flexibility index (Phi) is 6.24. The van der Waals surface area contributed by atoms with Gasteiger partial charge in [-0.15, -0.1) is 0 Å². The normalized spacial score (nSPS) is 11.3. The molecular formula is C22H26N6O4. The van der Waals surface area contributed by atoms with E-state index in [-0.39, 0.29) is 28.9 Å². The molecule has 0 bridgehead atoms. The van der Waals surface area contributed by atoms with Gasteiger partial charge in [0.05, 0.1) is 30.5 Å². The van der Waals surface area contributed by atoms with Crippen LogP contribution >= 0.6 is 0 Å². The predicted octanol–water partition coefficient (Wildman–Crippen LogP) is 2.77. The Morgan fingerprint density at radius 1 is 1.19 bits per heavy atom. The number of Topliss-reactive ketones (excluding diaryl/α,β-unsaturated/α-hetero) is 1. The third-order valence-corrected chi connectivity index (χ3v) is 4.89. The molecule has 0 saturated heterocycles. The molecule has 0 fully saturated rings. The molecule has 0 saturated carbocycles. The van der Waals surface area contributed by atoms with Crippen LogP contribution in [-0.2, 0) is 21.4 Å². The minimum atomic E-state index is -0.619. The van der Waals surface area contributed by atoms with E-state index in [2.05, 4.69) is 25.4 Å². The van der Waals surface area contributed by atoms with Gasteiger partial charge in [-0.25, -0.2) is 14.8 Å². The van der Waals surface area contributed by atoms with Crippen LogP contribution in [-0.4, -0.2) is 49.5 Å². The number of carbonyl (C=O) groups excluding carboxylic acids is 3. The van der Waals surface area contributed by atoms with Gasteiger partial charge in [-0.2, -0.15) is 9.78 Å². The predicted molar refractivity (Wildman–Crippen MR) is 117 cm³/mol. The van der Waals surface area contributed by atoms with Crippen LogP contribution in [0.4, 0.5) is 5.82 Å². The van der Waals surface area contributed by atoms with Crippen molar-refractivity contribution in [2.45, 2.75) is 46.5 Å². The molecule has 2 N–H and O–H groups in total. The summed E-state index contributed by atoms with van der Waals surface area (Å²) in [6.45, 7) is 9.04. The van der Waals surface area contributed by atoms with Crippen molar-refractivity contribution in [2.24, 2.45) is 0 Å². The molecule has 3 aromatic rings. The van der Waals surface area contributed by atoms with E-state index in [0.29, 0.717) is 23.0 Å². The SMILES string of the molecule is COC(=O)c1c(CC(=O)Nc2cc(C(C)(C)C)nn2-c2ncccn2)[nH]c(C(C)=O)c1C. The molecule has 1 amide bonds. The average Bonchev–Trinajstić information content (AvgIpc) is 3.29. The van der Waals surface area contributed by atoms with Crippen LogP contribution in [0.15, 0.2) is 24.5 Å². The van der Waals surface area contributed by atoms with E-state index in [1.807, 2.05) is 20.8 Å². The summed E-state index contributed by atoms with van der Waals surface area (Å²) in [4.78, 5) is 48.4. The van der Waals surface area contributed by atoms with E-state index in [0.717, 1.165) is 5.69 Å². The Bertz CT molecular complexity index is 1170. The first kappa shape index (κ1) is 22.9. The van der Waals surface area contributed by atoms with E-state index in [9.17, 15) is 14.4 Å². The Hall–Kier alpha value is -3.82. The summed E-state index contributed by atoms with van der Waals surface area (Å²) in [5.41, 5.74) is 1.67. The minimum absolute atomic E-state index is 0.176. The van der Waals surface area contributed by atoms with Crippen molar-refractivity contribution in [2.75, 3.05) is 12.4 Å². The highest BCUT2D eigenvalue weighted by atomic mass is 16.5. The number of hydrogen-bond donors (Lipinski definition) is 2. The molecule has 0 radical (unpaired) electrons. The highest BCUT2D eigenvalue weighted by Crippen LogP contribution is 2.26. The molecule has 32 heavy (non-hydrogen) atoms. The third kappa shape index (κ3) is 4.58. The molecule has 168 valence electrons. The highest BCUT2D eigenvalue weighted by molar-refractivity contribution is 6.02. The average molecular weight is 438 g/mol. The maximum Gasteiger partial charge on any atom is 0.339 e. The molecule has 3 rings (SSSR count). The summed E-state index contributed by atoms with van der Waals surface area (Å²) >= 11 is 0. The first-order valence-electron chi connectivity index (χ1n) is 10.0. The summed E-state index contributed by atoms with van der Waals surface area (Å²) in [5.74, 6) is -0.576. The van der Waals surface area contributed by atoms with Gasteiger partial charge in [0, 0.05) is 36.5 Å². The van der Waals surface area contributed by atoms with Crippen molar-refractivity contribution < 1.29 is 19.1 Å². The van der Waals surface area contributed by atoms with Gasteiger partial charge in [-0.1, -0.05) is 20.8 Å². The largest absolute Gasteiger partial charge is 0.465 e. The van der Waals surface area contributed by atoms with E-state index in [1.54, 1.807) is 31.5 Å². The molecule has 0 unspecified atom stereocenters. The molecular weight excluding hydrogens is 412 g/mol. The van der Waals surface area contributed by atoms with Gasteiger partial charge in [0.1, 0.15) is 5.82 Å². The smallest absolute Gasteiger partial charge is 0.339 e. The van der Waals surface area contributed by atoms with Crippen molar-refractivity contribution in [1.29, 1.82) is 0 Å². The van der Waals surface area contributed by atoms with Gasteiger partial charge < -0.3 is 15.0 Å². The fourth-order valence-electron chi connectivity index (χ4n) is 3.26. The van der Waals surface area contributed by atoms with E-state index in [4.69, 9.17) is 4.74 Å². The zero-order valence-electron chi connectivity index (χ0n) is 18.9. The molecule has 0 aliphatic carbocycles. The number of H-pyrrole nitrogens is 1. The minimum Gasteiger partial charge on any atom is -0.465 e. The number of hydrogen-bond acceptors (Lipinski definition) is 7. The number of ketones is 1.